The van der Waals surface area contributed by atoms with Crippen molar-refractivity contribution in [2.45, 2.75) is 0 Å². The Morgan fingerprint density at radius 2 is 2.12 bits per heavy atom. The molecule has 0 aliphatic carbocycles. The van der Waals surface area contributed by atoms with Crippen LogP contribution in [0.2, 0.25) is 0 Å². The van der Waals surface area contributed by atoms with E-state index in [1.54, 1.807) is 19.2 Å². The first-order valence-electron chi connectivity index (χ1n) is 4.30. The number of nitrogens with one attached hydrogen (secondary N) is 2. The molecule has 5 nitrogen and oxygen atoms in total. The van der Waals surface area contributed by atoms with Crippen LogP contribution in [0.15, 0.2) is 12.1 Å². The molecule has 16 heavy (non-hydrogen) atoms. The van der Waals surface area contributed by atoms with E-state index in [1.165, 1.54) is 18.4 Å². The second-order valence-corrected chi connectivity index (χ2v) is 3.76. The van der Waals surface area contributed by atoms with E-state index in [1.807, 2.05) is 0 Å². The van der Waals surface area contributed by atoms with Crippen molar-refractivity contribution in [3.8, 4) is 0 Å². The van der Waals surface area contributed by atoms with Gasteiger partial charge in [-0.15, -0.1) is 23.7 Å². The third-order valence-corrected chi connectivity index (χ3v) is 2.80. The molecule has 0 spiro atoms. The lowest BCUT2D eigenvalue weighted by Gasteiger charge is -2.00. The average molecular weight is 265 g/mol. The summed E-state index contributed by atoms with van der Waals surface area (Å²) in [7, 11) is 3.06. The number of hydrogen-bond donors (Lipinski definition) is 2. The van der Waals surface area contributed by atoms with Crippen LogP contribution in [0.3, 0.4) is 0 Å². The molecule has 0 saturated heterocycles. The third kappa shape index (κ3) is 4.08. The van der Waals surface area contributed by atoms with Gasteiger partial charge in [0.2, 0.25) is 0 Å². The van der Waals surface area contributed by atoms with Gasteiger partial charge in [-0.05, 0) is 12.1 Å². The molecule has 7 heteroatoms. The second kappa shape index (κ2) is 7.08. The Balaban J connectivity index is 0.00000225. The first-order chi connectivity index (χ1) is 7.17. The van der Waals surface area contributed by atoms with Gasteiger partial charge in [-0.1, -0.05) is 0 Å². The lowest BCUT2D eigenvalue weighted by atomic mass is 10.4. The minimum atomic E-state index is -0.464. The van der Waals surface area contributed by atoms with Crippen LogP contribution in [0.25, 0.3) is 0 Å². The van der Waals surface area contributed by atoms with Gasteiger partial charge >= 0.3 is 5.97 Å². The number of anilines is 1. The number of amides is 1. The Labute approximate surface area is 104 Å². The van der Waals surface area contributed by atoms with Crippen molar-refractivity contribution in [2.24, 2.45) is 0 Å². The maximum absolute atomic E-state index is 11.5. The average Bonchev–Trinajstić information content (AvgIpc) is 2.73. The minimum Gasteiger partial charge on any atom is -0.468 e. The van der Waals surface area contributed by atoms with E-state index in [2.05, 4.69) is 15.4 Å². The van der Waals surface area contributed by atoms with Crippen molar-refractivity contribution in [2.75, 3.05) is 26.0 Å². The van der Waals surface area contributed by atoms with Crippen LogP contribution in [0.5, 0.6) is 0 Å². The normalized spacial score (nSPS) is 8.88. The predicted octanol–water partition coefficient (Wildman–Crippen LogP) is 1.11. The number of ether oxygens (including phenoxy) is 1. The Bertz CT molecular complexity index is 367. The quantitative estimate of drug-likeness (QED) is 0.800. The number of rotatable bonds is 4. The molecule has 0 aliphatic rings. The van der Waals surface area contributed by atoms with Gasteiger partial charge in [-0.25, -0.2) is 0 Å². The molecular weight excluding hydrogens is 252 g/mol. The maximum atomic E-state index is 11.5. The molecule has 1 amide bonds. The van der Waals surface area contributed by atoms with E-state index in [-0.39, 0.29) is 24.9 Å². The Morgan fingerprint density at radius 3 is 2.62 bits per heavy atom. The standard InChI is InChI=1S/C9H12N2O3S.ClH/c1-10-7-4-3-6(15-7)9(13)11-5-8(12)14-2;/h3-4,10H,5H2,1-2H3,(H,11,13);1H. The van der Waals surface area contributed by atoms with Crippen molar-refractivity contribution >= 4 is 40.6 Å². The fourth-order valence-electron chi connectivity index (χ4n) is 0.906. The summed E-state index contributed by atoms with van der Waals surface area (Å²) in [5.41, 5.74) is 0. The van der Waals surface area contributed by atoms with Crippen molar-refractivity contribution < 1.29 is 14.3 Å². The van der Waals surface area contributed by atoms with Gasteiger partial charge in [0.25, 0.3) is 5.91 Å². The van der Waals surface area contributed by atoms with Crippen LogP contribution >= 0.6 is 23.7 Å². The van der Waals surface area contributed by atoms with Gasteiger partial charge in [0.15, 0.2) is 0 Å². The first kappa shape index (κ1) is 14.7. The lowest BCUT2D eigenvalue weighted by Crippen LogP contribution is -2.29. The largest absolute Gasteiger partial charge is 0.468 e. The zero-order valence-corrected chi connectivity index (χ0v) is 10.5. The molecule has 0 saturated carbocycles. The highest BCUT2D eigenvalue weighted by Crippen LogP contribution is 2.20. The Kier molecular flexibility index (Phi) is 6.52. The highest BCUT2D eigenvalue weighted by Gasteiger charge is 2.10. The maximum Gasteiger partial charge on any atom is 0.325 e. The summed E-state index contributed by atoms with van der Waals surface area (Å²) < 4.78 is 4.40. The summed E-state index contributed by atoms with van der Waals surface area (Å²) in [5.74, 6) is -0.736. The summed E-state index contributed by atoms with van der Waals surface area (Å²) in [6.45, 7) is -0.109. The van der Waals surface area contributed by atoms with Crippen molar-refractivity contribution in [3.63, 3.8) is 0 Å². The molecule has 1 aromatic heterocycles. The van der Waals surface area contributed by atoms with Crippen molar-refractivity contribution in [1.29, 1.82) is 0 Å². The molecule has 1 heterocycles. The van der Waals surface area contributed by atoms with Gasteiger partial charge in [-0.2, -0.15) is 0 Å². The molecule has 1 aromatic rings. The van der Waals surface area contributed by atoms with Crippen LogP contribution in [-0.4, -0.2) is 32.6 Å². The molecule has 0 atom stereocenters. The van der Waals surface area contributed by atoms with E-state index in [4.69, 9.17) is 0 Å². The van der Waals surface area contributed by atoms with Crippen LogP contribution < -0.4 is 10.6 Å². The zero-order valence-electron chi connectivity index (χ0n) is 8.90. The highest BCUT2D eigenvalue weighted by atomic mass is 35.5. The summed E-state index contributed by atoms with van der Waals surface area (Å²) in [4.78, 5) is 22.8. The molecular formula is C9H13ClN2O3S. The number of halogens is 1. The van der Waals surface area contributed by atoms with E-state index >= 15 is 0 Å². The fourth-order valence-corrected chi connectivity index (χ4v) is 1.68. The molecule has 0 fully saturated rings. The number of thiophene rings is 1. The molecule has 0 aromatic carbocycles. The predicted molar refractivity (Wildman–Crippen MR) is 65.5 cm³/mol. The van der Waals surface area contributed by atoms with Gasteiger partial charge in [0, 0.05) is 7.05 Å². The van der Waals surface area contributed by atoms with Gasteiger partial charge < -0.3 is 15.4 Å². The Hall–Kier alpha value is -1.27. The molecule has 2 N–H and O–H groups in total. The summed E-state index contributed by atoms with van der Waals surface area (Å²) in [6.07, 6.45) is 0. The number of carbonyl (C=O) groups is 2. The van der Waals surface area contributed by atoms with E-state index in [9.17, 15) is 9.59 Å². The van der Waals surface area contributed by atoms with Crippen LogP contribution in [0.1, 0.15) is 9.67 Å². The fraction of sp³-hybridized carbons (Fsp3) is 0.333. The third-order valence-electron chi connectivity index (χ3n) is 1.70. The first-order valence-corrected chi connectivity index (χ1v) is 5.11. The molecule has 1 rings (SSSR count). The number of hydrogen-bond acceptors (Lipinski definition) is 5. The van der Waals surface area contributed by atoms with Crippen molar-refractivity contribution in [3.05, 3.63) is 17.0 Å². The topological polar surface area (TPSA) is 67.4 Å². The van der Waals surface area contributed by atoms with E-state index in [0.29, 0.717) is 4.88 Å². The van der Waals surface area contributed by atoms with Gasteiger partial charge in [0.05, 0.1) is 17.0 Å². The van der Waals surface area contributed by atoms with Gasteiger partial charge in [-0.3, -0.25) is 9.59 Å². The molecule has 0 bridgehead atoms. The monoisotopic (exact) mass is 264 g/mol. The zero-order chi connectivity index (χ0) is 11.3. The lowest BCUT2D eigenvalue weighted by molar-refractivity contribution is -0.139. The number of esters is 1. The highest BCUT2D eigenvalue weighted by molar-refractivity contribution is 7.17. The molecule has 0 aliphatic heterocycles. The number of carbonyl (C=O) groups excluding carboxylic acids is 2. The van der Waals surface area contributed by atoms with E-state index < -0.39 is 5.97 Å². The SMILES string of the molecule is CNc1ccc(C(=O)NCC(=O)OC)s1.Cl. The minimum absolute atomic E-state index is 0. The van der Waals surface area contributed by atoms with Crippen molar-refractivity contribution in [1.82, 2.24) is 5.32 Å². The van der Waals surface area contributed by atoms with Crippen LogP contribution in [0.4, 0.5) is 5.00 Å². The summed E-state index contributed by atoms with van der Waals surface area (Å²) in [6, 6.07) is 3.50. The van der Waals surface area contributed by atoms with Gasteiger partial charge in [0.1, 0.15) is 6.54 Å². The van der Waals surface area contributed by atoms with E-state index in [0.717, 1.165) is 5.00 Å². The molecule has 90 valence electrons. The van der Waals surface area contributed by atoms with Crippen LogP contribution in [0, 0.1) is 0 Å². The second-order valence-electron chi connectivity index (χ2n) is 2.67. The number of methoxy groups -OCH3 is 1. The van der Waals surface area contributed by atoms with Crippen LogP contribution in [-0.2, 0) is 9.53 Å². The molecule has 0 radical (unpaired) electrons. The molecule has 0 unspecified atom stereocenters. The smallest absolute Gasteiger partial charge is 0.325 e. The Morgan fingerprint density at radius 1 is 1.44 bits per heavy atom. The summed E-state index contributed by atoms with van der Waals surface area (Å²) >= 11 is 1.32. The summed E-state index contributed by atoms with van der Waals surface area (Å²) in [5, 5.41) is 6.28.